The SMILES string of the molecule is COc1ccc(NS(=O)(=O)c2cccc3c(Cl)cccc23)cc1N1CCNCC1. The Morgan fingerprint density at radius 2 is 1.76 bits per heavy atom. The molecule has 0 radical (unpaired) electrons. The first kappa shape index (κ1) is 19.8. The highest BCUT2D eigenvalue weighted by Gasteiger charge is 2.20. The highest BCUT2D eigenvalue weighted by molar-refractivity contribution is 7.93. The van der Waals surface area contributed by atoms with Gasteiger partial charge in [0.25, 0.3) is 10.0 Å². The Labute approximate surface area is 175 Å². The zero-order valence-corrected chi connectivity index (χ0v) is 17.6. The first-order chi connectivity index (χ1) is 14.0. The third kappa shape index (κ3) is 3.99. The number of benzene rings is 3. The fourth-order valence-corrected chi connectivity index (χ4v) is 5.10. The van der Waals surface area contributed by atoms with E-state index in [9.17, 15) is 8.42 Å². The summed E-state index contributed by atoms with van der Waals surface area (Å²) in [7, 11) is -2.19. The molecule has 29 heavy (non-hydrogen) atoms. The molecular formula is C21H22ClN3O3S. The summed E-state index contributed by atoms with van der Waals surface area (Å²) in [5.41, 5.74) is 1.36. The predicted molar refractivity (Wildman–Crippen MR) is 118 cm³/mol. The molecule has 0 aromatic heterocycles. The van der Waals surface area contributed by atoms with E-state index in [0.717, 1.165) is 31.9 Å². The fraction of sp³-hybridized carbons (Fsp3) is 0.238. The molecule has 0 atom stereocenters. The van der Waals surface area contributed by atoms with Gasteiger partial charge in [-0.25, -0.2) is 8.42 Å². The molecule has 0 aliphatic carbocycles. The van der Waals surface area contributed by atoms with Crippen molar-refractivity contribution in [2.45, 2.75) is 4.90 Å². The van der Waals surface area contributed by atoms with Gasteiger partial charge in [-0.15, -0.1) is 0 Å². The molecule has 4 rings (SSSR count). The minimum atomic E-state index is -3.80. The van der Waals surface area contributed by atoms with Crippen molar-refractivity contribution in [2.75, 3.05) is 42.9 Å². The van der Waals surface area contributed by atoms with E-state index in [0.29, 0.717) is 27.2 Å². The van der Waals surface area contributed by atoms with Crippen molar-refractivity contribution in [3.8, 4) is 5.75 Å². The first-order valence-corrected chi connectivity index (χ1v) is 11.2. The summed E-state index contributed by atoms with van der Waals surface area (Å²) in [6.45, 7) is 3.40. The smallest absolute Gasteiger partial charge is 0.262 e. The van der Waals surface area contributed by atoms with E-state index in [1.807, 2.05) is 12.1 Å². The molecule has 8 heteroatoms. The van der Waals surface area contributed by atoms with E-state index in [-0.39, 0.29) is 4.90 Å². The van der Waals surface area contributed by atoms with Gasteiger partial charge in [-0.05, 0) is 30.3 Å². The molecule has 1 saturated heterocycles. The molecule has 2 N–H and O–H groups in total. The number of rotatable bonds is 5. The maximum absolute atomic E-state index is 13.2. The average Bonchev–Trinajstić information content (AvgIpc) is 2.74. The number of fused-ring (bicyclic) bond motifs is 1. The molecule has 0 bridgehead atoms. The van der Waals surface area contributed by atoms with Crippen molar-refractivity contribution >= 4 is 43.8 Å². The Bertz CT molecular complexity index is 1150. The number of nitrogens with one attached hydrogen (secondary N) is 2. The summed E-state index contributed by atoms with van der Waals surface area (Å²) in [6.07, 6.45) is 0. The van der Waals surface area contributed by atoms with Gasteiger partial charge in [-0.1, -0.05) is 35.9 Å². The van der Waals surface area contributed by atoms with Crippen LogP contribution in [0.1, 0.15) is 0 Å². The van der Waals surface area contributed by atoms with Gasteiger partial charge in [0.1, 0.15) is 5.75 Å². The van der Waals surface area contributed by atoms with Gasteiger partial charge in [0.15, 0.2) is 0 Å². The van der Waals surface area contributed by atoms with Crippen molar-refractivity contribution < 1.29 is 13.2 Å². The minimum Gasteiger partial charge on any atom is -0.495 e. The zero-order valence-electron chi connectivity index (χ0n) is 16.0. The lowest BCUT2D eigenvalue weighted by Gasteiger charge is -2.31. The molecule has 1 aliphatic rings. The maximum Gasteiger partial charge on any atom is 0.262 e. The standard InChI is InChI=1S/C21H22ClN3O3S/c1-28-20-9-8-15(14-19(20)25-12-10-23-11-13-25)24-29(26,27)21-7-3-4-16-17(21)5-2-6-18(16)22/h2-9,14,23-24H,10-13H2,1H3. The first-order valence-electron chi connectivity index (χ1n) is 9.33. The fourth-order valence-electron chi connectivity index (χ4n) is 3.59. The topological polar surface area (TPSA) is 70.7 Å². The van der Waals surface area contributed by atoms with Crippen LogP contribution in [-0.2, 0) is 10.0 Å². The number of methoxy groups -OCH3 is 1. The minimum absolute atomic E-state index is 0.192. The van der Waals surface area contributed by atoms with Gasteiger partial charge in [-0.2, -0.15) is 0 Å². The molecule has 0 unspecified atom stereocenters. The number of halogens is 1. The van der Waals surface area contributed by atoms with Crippen LogP contribution >= 0.6 is 11.6 Å². The molecule has 6 nitrogen and oxygen atoms in total. The summed E-state index contributed by atoms with van der Waals surface area (Å²) in [6, 6.07) is 15.7. The van der Waals surface area contributed by atoms with E-state index in [1.54, 1.807) is 49.6 Å². The molecule has 0 spiro atoms. The Balaban J connectivity index is 1.71. The third-order valence-corrected chi connectivity index (χ3v) is 6.78. The Morgan fingerprint density at radius 3 is 2.52 bits per heavy atom. The number of anilines is 2. The zero-order chi connectivity index (χ0) is 20.4. The van der Waals surface area contributed by atoms with Crippen LogP contribution in [0.3, 0.4) is 0 Å². The molecule has 1 heterocycles. The van der Waals surface area contributed by atoms with Crippen molar-refractivity contribution in [1.82, 2.24) is 5.32 Å². The van der Waals surface area contributed by atoms with Gasteiger partial charge in [0, 0.05) is 42.0 Å². The van der Waals surface area contributed by atoms with Crippen LogP contribution in [0, 0.1) is 0 Å². The summed E-state index contributed by atoms with van der Waals surface area (Å²) in [4.78, 5) is 2.38. The molecule has 0 saturated carbocycles. The second-order valence-electron chi connectivity index (χ2n) is 6.82. The lowest BCUT2D eigenvalue weighted by Crippen LogP contribution is -2.43. The third-order valence-electron chi connectivity index (χ3n) is 5.01. The van der Waals surface area contributed by atoms with E-state index in [2.05, 4.69) is 14.9 Å². The summed E-state index contributed by atoms with van der Waals surface area (Å²) >= 11 is 6.24. The molecule has 152 valence electrons. The summed E-state index contributed by atoms with van der Waals surface area (Å²) < 4.78 is 34.5. The van der Waals surface area contributed by atoms with Crippen LogP contribution in [-0.4, -0.2) is 41.7 Å². The second-order valence-corrected chi connectivity index (χ2v) is 8.88. The van der Waals surface area contributed by atoms with Crippen LogP contribution < -0.4 is 19.7 Å². The maximum atomic E-state index is 13.2. The van der Waals surface area contributed by atoms with Crippen LogP contribution in [0.5, 0.6) is 5.75 Å². The normalized spacial score (nSPS) is 14.8. The molecule has 1 aliphatic heterocycles. The lowest BCUT2D eigenvalue weighted by atomic mass is 10.1. The average molecular weight is 432 g/mol. The molecule has 0 amide bonds. The van der Waals surface area contributed by atoms with Gasteiger partial charge in [0.2, 0.25) is 0 Å². The Kier molecular flexibility index (Phi) is 5.54. The summed E-state index contributed by atoms with van der Waals surface area (Å²) in [5, 5.41) is 5.12. The van der Waals surface area contributed by atoms with Crippen LogP contribution in [0.15, 0.2) is 59.5 Å². The Hall–Kier alpha value is -2.48. The van der Waals surface area contributed by atoms with Gasteiger partial charge < -0.3 is 15.0 Å². The van der Waals surface area contributed by atoms with Crippen LogP contribution in [0.25, 0.3) is 10.8 Å². The predicted octanol–water partition coefficient (Wildman–Crippen LogP) is 3.71. The highest BCUT2D eigenvalue weighted by atomic mass is 35.5. The largest absolute Gasteiger partial charge is 0.495 e. The number of hydrogen-bond acceptors (Lipinski definition) is 5. The summed E-state index contributed by atoms with van der Waals surface area (Å²) in [5.74, 6) is 0.715. The van der Waals surface area contributed by atoms with Gasteiger partial charge in [0.05, 0.1) is 23.4 Å². The van der Waals surface area contributed by atoms with E-state index < -0.39 is 10.0 Å². The van der Waals surface area contributed by atoms with Crippen molar-refractivity contribution in [2.24, 2.45) is 0 Å². The monoisotopic (exact) mass is 431 g/mol. The van der Waals surface area contributed by atoms with Crippen molar-refractivity contribution in [1.29, 1.82) is 0 Å². The number of ether oxygens (including phenoxy) is 1. The number of piperazine rings is 1. The molecule has 3 aromatic rings. The number of sulfonamides is 1. The quantitative estimate of drug-likeness (QED) is 0.644. The second kappa shape index (κ2) is 8.10. The van der Waals surface area contributed by atoms with Gasteiger partial charge >= 0.3 is 0 Å². The van der Waals surface area contributed by atoms with E-state index in [1.165, 1.54) is 0 Å². The molecule has 1 fully saturated rings. The highest BCUT2D eigenvalue weighted by Crippen LogP contribution is 2.34. The van der Waals surface area contributed by atoms with E-state index in [4.69, 9.17) is 16.3 Å². The number of hydrogen-bond donors (Lipinski definition) is 2. The lowest BCUT2D eigenvalue weighted by molar-refractivity contribution is 0.413. The number of nitrogens with zero attached hydrogens (tertiary/aromatic N) is 1. The molecule has 3 aromatic carbocycles. The van der Waals surface area contributed by atoms with Crippen molar-refractivity contribution in [3.05, 3.63) is 59.6 Å². The van der Waals surface area contributed by atoms with Crippen molar-refractivity contribution in [3.63, 3.8) is 0 Å². The molecular weight excluding hydrogens is 410 g/mol. The van der Waals surface area contributed by atoms with Crippen LogP contribution in [0.2, 0.25) is 5.02 Å². The van der Waals surface area contributed by atoms with Gasteiger partial charge in [-0.3, -0.25) is 4.72 Å². The van der Waals surface area contributed by atoms with Crippen LogP contribution in [0.4, 0.5) is 11.4 Å². The van der Waals surface area contributed by atoms with E-state index >= 15 is 0 Å². The Morgan fingerprint density at radius 1 is 1.03 bits per heavy atom.